The summed E-state index contributed by atoms with van der Waals surface area (Å²) in [5.41, 5.74) is 4.04. The zero-order valence-electron chi connectivity index (χ0n) is 16.4. The summed E-state index contributed by atoms with van der Waals surface area (Å²) in [4.78, 5) is 9.10. The molecule has 0 saturated heterocycles. The molecule has 0 unspecified atom stereocenters. The molecule has 0 spiro atoms. The van der Waals surface area contributed by atoms with E-state index in [0.29, 0.717) is 0 Å². The van der Waals surface area contributed by atoms with E-state index < -0.39 is 0 Å². The van der Waals surface area contributed by atoms with Gasteiger partial charge in [-0.15, -0.1) is 0 Å². The Morgan fingerprint density at radius 1 is 0.433 bits per heavy atom. The number of hydrogen-bond acceptors (Lipinski definition) is 2. The highest BCUT2D eigenvalue weighted by Crippen LogP contribution is 2.22. The Labute approximate surface area is 175 Å². The predicted octanol–water partition coefficient (Wildman–Crippen LogP) is 7.12. The minimum atomic E-state index is 0.849. The molecule has 5 aromatic rings. The van der Waals surface area contributed by atoms with E-state index in [1.165, 1.54) is 32.7 Å². The molecule has 0 bridgehead atoms. The summed E-state index contributed by atoms with van der Waals surface area (Å²) < 4.78 is 0. The Hall–Kier alpha value is -4.04. The van der Waals surface area contributed by atoms with Crippen LogP contribution in [-0.4, -0.2) is 9.97 Å². The Morgan fingerprint density at radius 3 is 1.37 bits per heavy atom. The van der Waals surface area contributed by atoms with Crippen molar-refractivity contribution in [3.8, 4) is 0 Å². The van der Waals surface area contributed by atoms with Crippen molar-refractivity contribution in [2.24, 2.45) is 0 Å². The van der Waals surface area contributed by atoms with Gasteiger partial charge in [0, 0.05) is 12.4 Å². The van der Waals surface area contributed by atoms with Crippen molar-refractivity contribution in [1.82, 2.24) is 9.97 Å². The first-order valence-corrected chi connectivity index (χ1v) is 10.0. The van der Waals surface area contributed by atoms with Gasteiger partial charge in [0.25, 0.3) is 0 Å². The van der Waals surface area contributed by atoms with Gasteiger partial charge < -0.3 is 0 Å². The Balaban J connectivity index is 1.50. The fourth-order valence-corrected chi connectivity index (χ4v) is 3.75. The molecule has 30 heavy (non-hydrogen) atoms. The van der Waals surface area contributed by atoms with E-state index in [-0.39, 0.29) is 0 Å². The number of aromatic nitrogens is 2. The van der Waals surface area contributed by atoms with Crippen LogP contribution in [0.4, 0.5) is 0 Å². The van der Waals surface area contributed by atoms with Crippen LogP contribution in [0.1, 0.15) is 22.5 Å². The molecule has 2 nitrogen and oxygen atoms in total. The molecule has 0 aliphatic heterocycles. The van der Waals surface area contributed by atoms with E-state index in [1.807, 2.05) is 12.2 Å². The Kier molecular flexibility index (Phi) is 4.89. The molecular formula is C28H20N2. The van der Waals surface area contributed by atoms with Crippen LogP contribution >= 0.6 is 0 Å². The van der Waals surface area contributed by atoms with Crippen molar-refractivity contribution >= 4 is 45.8 Å². The van der Waals surface area contributed by atoms with Crippen molar-refractivity contribution in [2.45, 2.75) is 0 Å². The third-order valence-electron chi connectivity index (χ3n) is 5.24. The number of rotatable bonds is 4. The lowest BCUT2D eigenvalue weighted by Gasteiger charge is -2.03. The quantitative estimate of drug-likeness (QED) is 0.329. The molecule has 0 N–H and O–H groups in total. The summed E-state index contributed by atoms with van der Waals surface area (Å²) in [5.74, 6) is 0. The molecule has 1 heterocycles. The van der Waals surface area contributed by atoms with E-state index in [2.05, 4.69) is 107 Å². The van der Waals surface area contributed by atoms with Crippen LogP contribution in [0.15, 0.2) is 97.3 Å². The van der Waals surface area contributed by atoms with Crippen LogP contribution < -0.4 is 0 Å². The summed E-state index contributed by atoms with van der Waals surface area (Å²) in [6.07, 6.45) is 11.8. The fourth-order valence-electron chi connectivity index (χ4n) is 3.75. The maximum Gasteiger partial charge on any atom is 0.0886 e. The zero-order valence-corrected chi connectivity index (χ0v) is 16.4. The third kappa shape index (κ3) is 3.63. The van der Waals surface area contributed by atoms with Crippen LogP contribution in [0.5, 0.6) is 0 Å². The first kappa shape index (κ1) is 18.0. The van der Waals surface area contributed by atoms with Crippen LogP contribution in [0.25, 0.3) is 45.8 Å². The Bertz CT molecular complexity index is 1280. The monoisotopic (exact) mass is 384 g/mol. The van der Waals surface area contributed by atoms with Crippen LogP contribution in [0, 0.1) is 0 Å². The lowest BCUT2D eigenvalue weighted by molar-refractivity contribution is 1.16. The number of nitrogens with zero attached hydrogens (tertiary/aromatic N) is 2. The summed E-state index contributed by atoms with van der Waals surface area (Å²) in [5, 5.41) is 4.92. The van der Waals surface area contributed by atoms with Gasteiger partial charge in [-0.05, 0) is 44.8 Å². The lowest BCUT2D eigenvalue weighted by Crippen LogP contribution is -1.90. The second-order valence-electron chi connectivity index (χ2n) is 7.13. The van der Waals surface area contributed by atoms with E-state index >= 15 is 0 Å². The molecule has 0 atom stereocenters. The van der Waals surface area contributed by atoms with E-state index in [0.717, 1.165) is 11.4 Å². The fraction of sp³-hybridized carbons (Fsp3) is 0. The van der Waals surface area contributed by atoms with Gasteiger partial charge in [-0.2, -0.15) is 0 Å². The summed E-state index contributed by atoms with van der Waals surface area (Å²) in [6.45, 7) is 0. The molecule has 0 fully saturated rings. The summed E-state index contributed by atoms with van der Waals surface area (Å²) in [6, 6.07) is 29.5. The second-order valence-corrected chi connectivity index (χ2v) is 7.13. The number of fused-ring (bicyclic) bond motifs is 2. The van der Waals surface area contributed by atoms with E-state index in [1.54, 1.807) is 12.4 Å². The number of hydrogen-bond donors (Lipinski definition) is 0. The third-order valence-corrected chi connectivity index (χ3v) is 5.24. The minimum Gasteiger partial charge on any atom is -0.253 e. The second kappa shape index (κ2) is 8.14. The molecular weight excluding hydrogens is 364 g/mol. The molecule has 1 aromatic heterocycles. The van der Waals surface area contributed by atoms with Crippen molar-refractivity contribution in [2.75, 3.05) is 0 Å². The normalized spacial score (nSPS) is 11.7. The molecule has 0 radical (unpaired) electrons. The molecule has 0 aliphatic carbocycles. The average Bonchev–Trinajstić information content (AvgIpc) is 2.82. The lowest BCUT2D eigenvalue weighted by atomic mass is 10.0. The maximum absolute atomic E-state index is 4.55. The van der Waals surface area contributed by atoms with Crippen LogP contribution in [-0.2, 0) is 0 Å². The molecule has 2 heteroatoms. The van der Waals surface area contributed by atoms with Crippen molar-refractivity contribution in [3.05, 3.63) is 120 Å². The summed E-state index contributed by atoms with van der Waals surface area (Å²) in [7, 11) is 0. The molecule has 0 amide bonds. The first-order chi connectivity index (χ1) is 14.9. The minimum absolute atomic E-state index is 0.849. The zero-order chi connectivity index (χ0) is 20.2. The van der Waals surface area contributed by atoms with Gasteiger partial charge in [-0.3, -0.25) is 9.97 Å². The highest BCUT2D eigenvalue weighted by atomic mass is 14.8. The van der Waals surface area contributed by atoms with Gasteiger partial charge in [0.05, 0.1) is 11.4 Å². The molecule has 142 valence electrons. The SMILES string of the molecule is C(=Cc1cccc2ccccc12)c1nccnc1C=Cc1cccc2ccccc12. The van der Waals surface area contributed by atoms with Crippen LogP contribution in [0.2, 0.25) is 0 Å². The molecule has 0 aliphatic rings. The van der Waals surface area contributed by atoms with Crippen molar-refractivity contribution in [3.63, 3.8) is 0 Å². The van der Waals surface area contributed by atoms with Crippen molar-refractivity contribution in [1.29, 1.82) is 0 Å². The first-order valence-electron chi connectivity index (χ1n) is 10.0. The highest BCUT2D eigenvalue weighted by molar-refractivity contribution is 5.94. The van der Waals surface area contributed by atoms with Crippen LogP contribution in [0.3, 0.4) is 0 Å². The smallest absolute Gasteiger partial charge is 0.0886 e. The summed E-state index contributed by atoms with van der Waals surface area (Å²) >= 11 is 0. The Morgan fingerprint density at radius 2 is 0.867 bits per heavy atom. The van der Waals surface area contributed by atoms with Gasteiger partial charge >= 0.3 is 0 Å². The average molecular weight is 384 g/mol. The van der Waals surface area contributed by atoms with Gasteiger partial charge in [0.1, 0.15) is 0 Å². The van der Waals surface area contributed by atoms with E-state index in [9.17, 15) is 0 Å². The molecule has 5 rings (SSSR count). The largest absolute Gasteiger partial charge is 0.253 e. The molecule has 0 saturated carbocycles. The van der Waals surface area contributed by atoms with Gasteiger partial charge in [-0.25, -0.2) is 0 Å². The van der Waals surface area contributed by atoms with Crippen molar-refractivity contribution < 1.29 is 0 Å². The highest BCUT2D eigenvalue weighted by Gasteiger charge is 2.02. The maximum atomic E-state index is 4.55. The van der Waals surface area contributed by atoms with Gasteiger partial charge in [-0.1, -0.05) is 97.1 Å². The topological polar surface area (TPSA) is 25.8 Å². The van der Waals surface area contributed by atoms with E-state index in [4.69, 9.17) is 0 Å². The number of benzene rings is 4. The molecule has 4 aromatic carbocycles. The van der Waals surface area contributed by atoms with Gasteiger partial charge in [0.2, 0.25) is 0 Å². The predicted molar refractivity (Wildman–Crippen MR) is 128 cm³/mol. The van der Waals surface area contributed by atoms with Gasteiger partial charge in [0.15, 0.2) is 0 Å². The standard InChI is InChI=1S/C28H20N2/c1-3-13-25-21(7-1)9-5-11-23(25)15-17-27-28(30-20-19-29-27)18-16-24-12-6-10-22-8-2-4-14-26(22)24/h1-20H.